The van der Waals surface area contributed by atoms with Crippen molar-refractivity contribution in [3.63, 3.8) is 0 Å². The molecular weight excluding hydrogens is 208 g/mol. The van der Waals surface area contributed by atoms with E-state index >= 15 is 0 Å². The standard InChI is InChI=1S/C7H12N2O4S/c1-4(10)8-6(7(12)13)3-14-9-5(2)11/h6H,3H2,1-2H3,(H,8,10)(H,9,11)(H,12,13)/t6-/m0/s1. The zero-order valence-corrected chi connectivity index (χ0v) is 8.68. The summed E-state index contributed by atoms with van der Waals surface area (Å²) in [6.45, 7) is 2.56. The summed E-state index contributed by atoms with van der Waals surface area (Å²) in [5, 5.41) is 10.9. The summed E-state index contributed by atoms with van der Waals surface area (Å²) in [5.74, 6) is -1.71. The molecule has 0 aliphatic carbocycles. The van der Waals surface area contributed by atoms with Crippen LogP contribution >= 0.6 is 11.9 Å². The summed E-state index contributed by atoms with van der Waals surface area (Å²) in [4.78, 5) is 31.6. The van der Waals surface area contributed by atoms with E-state index in [9.17, 15) is 14.4 Å². The van der Waals surface area contributed by atoms with Gasteiger partial charge in [-0.15, -0.1) is 0 Å². The molecule has 0 unspecified atom stereocenters. The lowest BCUT2D eigenvalue weighted by molar-refractivity contribution is -0.140. The Hall–Kier alpha value is -1.24. The van der Waals surface area contributed by atoms with E-state index in [0.717, 1.165) is 11.9 Å². The van der Waals surface area contributed by atoms with E-state index in [1.807, 2.05) is 0 Å². The Labute approximate surface area is 85.6 Å². The van der Waals surface area contributed by atoms with Gasteiger partial charge in [-0.3, -0.25) is 9.59 Å². The van der Waals surface area contributed by atoms with Crippen LogP contribution in [0, 0.1) is 0 Å². The SMILES string of the molecule is CC(=O)NSC[C@H](NC(C)=O)C(=O)O. The third kappa shape index (κ3) is 6.30. The van der Waals surface area contributed by atoms with E-state index in [1.165, 1.54) is 13.8 Å². The van der Waals surface area contributed by atoms with Crippen LogP contribution in [0.5, 0.6) is 0 Å². The monoisotopic (exact) mass is 220 g/mol. The summed E-state index contributed by atoms with van der Waals surface area (Å²) in [7, 11) is 0. The molecule has 0 radical (unpaired) electrons. The average molecular weight is 220 g/mol. The number of amides is 2. The first-order valence-corrected chi connectivity index (χ1v) is 4.80. The number of carboxylic acid groups (broad SMARTS) is 1. The van der Waals surface area contributed by atoms with Crippen molar-refractivity contribution in [3.8, 4) is 0 Å². The van der Waals surface area contributed by atoms with Crippen molar-refractivity contribution in [2.24, 2.45) is 0 Å². The predicted molar refractivity (Wildman–Crippen MR) is 51.5 cm³/mol. The van der Waals surface area contributed by atoms with Crippen LogP contribution in [0.25, 0.3) is 0 Å². The Kier molecular flexibility index (Phi) is 5.70. The maximum Gasteiger partial charge on any atom is 0.327 e. The summed E-state index contributed by atoms with van der Waals surface area (Å²) in [6, 6.07) is -0.982. The molecule has 3 N–H and O–H groups in total. The molecule has 0 aromatic heterocycles. The van der Waals surface area contributed by atoms with Crippen LogP contribution in [0.3, 0.4) is 0 Å². The second-order valence-corrected chi connectivity index (χ2v) is 3.39. The van der Waals surface area contributed by atoms with Crippen molar-refractivity contribution >= 4 is 29.7 Å². The first-order chi connectivity index (χ1) is 6.43. The molecule has 14 heavy (non-hydrogen) atoms. The fourth-order valence-corrected chi connectivity index (χ4v) is 1.33. The molecule has 0 aromatic carbocycles. The van der Waals surface area contributed by atoms with Crippen molar-refractivity contribution in [2.45, 2.75) is 19.9 Å². The van der Waals surface area contributed by atoms with Crippen molar-refractivity contribution in [2.75, 3.05) is 5.75 Å². The minimum Gasteiger partial charge on any atom is -0.480 e. The summed E-state index contributed by atoms with van der Waals surface area (Å²) >= 11 is 0.945. The van der Waals surface area contributed by atoms with Gasteiger partial charge in [-0.1, -0.05) is 0 Å². The van der Waals surface area contributed by atoms with Gasteiger partial charge in [-0.25, -0.2) is 4.79 Å². The van der Waals surface area contributed by atoms with E-state index in [4.69, 9.17) is 5.11 Å². The van der Waals surface area contributed by atoms with E-state index in [2.05, 4.69) is 10.0 Å². The molecule has 0 spiro atoms. The third-order valence-electron chi connectivity index (χ3n) is 1.14. The van der Waals surface area contributed by atoms with E-state index in [0.29, 0.717) is 0 Å². The molecule has 0 rings (SSSR count). The highest BCUT2D eigenvalue weighted by Gasteiger charge is 2.18. The number of carbonyl (C=O) groups is 3. The Balaban J connectivity index is 3.91. The molecule has 7 heteroatoms. The fraction of sp³-hybridized carbons (Fsp3) is 0.571. The van der Waals surface area contributed by atoms with E-state index < -0.39 is 17.9 Å². The Morgan fingerprint density at radius 1 is 1.29 bits per heavy atom. The maximum absolute atomic E-state index is 10.6. The maximum atomic E-state index is 10.6. The minimum absolute atomic E-state index is 0.0918. The Morgan fingerprint density at radius 3 is 2.21 bits per heavy atom. The molecular formula is C7H12N2O4S. The highest BCUT2D eigenvalue weighted by molar-refractivity contribution is 7.98. The lowest BCUT2D eigenvalue weighted by Crippen LogP contribution is -2.42. The van der Waals surface area contributed by atoms with Crippen LogP contribution < -0.4 is 10.0 Å². The molecule has 0 aromatic rings. The number of hydrogen-bond acceptors (Lipinski definition) is 4. The molecule has 0 aliphatic rings. The second-order valence-electron chi connectivity index (χ2n) is 2.56. The molecule has 6 nitrogen and oxygen atoms in total. The van der Waals surface area contributed by atoms with Crippen LogP contribution in [0.2, 0.25) is 0 Å². The van der Waals surface area contributed by atoms with E-state index in [1.54, 1.807) is 0 Å². The largest absolute Gasteiger partial charge is 0.480 e. The van der Waals surface area contributed by atoms with Crippen LogP contribution in [0.4, 0.5) is 0 Å². The molecule has 0 fully saturated rings. The van der Waals surface area contributed by atoms with Crippen molar-refractivity contribution in [1.29, 1.82) is 0 Å². The topological polar surface area (TPSA) is 95.5 Å². The zero-order chi connectivity index (χ0) is 11.1. The molecule has 1 atom stereocenters. The smallest absolute Gasteiger partial charge is 0.327 e. The first kappa shape index (κ1) is 12.8. The van der Waals surface area contributed by atoms with Crippen LogP contribution in [0.1, 0.15) is 13.8 Å². The van der Waals surface area contributed by atoms with Gasteiger partial charge in [0.2, 0.25) is 11.8 Å². The second kappa shape index (κ2) is 6.25. The highest BCUT2D eigenvalue weighted by Crippen LogP contribution is 1.98. The number of carbonyl (C=O) groups excluding carboxylic acids is 2. The van der Waals surface area contributed by atoms with Gasteiger partial charge in [-0.2, -0.15) is 0 Å². The summed E-state index contributed by atoms with van der Waals surface area (Å²) in [5.41, 5.74) is 0. The number of nitrogens with one attached hydrogen (secondary N) is 2. The van der Waals surface area contributed by atoms with Crippen LogP contribution in [-0.2, 0) is 14.4 Å². The lowest BCUT2D eigenvalue weighted by Gasteiger charge is -2.12. The fourth-order valence-electron chi connectivity index (χ4n) is 0.647. The van der Waals surface area contributed by atoms with Crippen LogP contribution in [-0.4, -0.2) is 34.7 Å². The van der Waals surface area contributed by atoms with Gasteiger partial charge in [0, 0.05) is 19.6 Å². The summed E-state index contributed by atoms with van der Waals surface area (Å²) in [6.07, 6.45) is 0. The number of aliphatic carboxylic acids is 1. The lowest BCUT2D eigenvalue weighted by atomic mass is 10.3. The molecule has 0 saturated heterocycles. The third-order valence-corrected chi connectivity index (χ3v) is 2.07. The normalized spacial score (nSPS) is 11.6. The van der Waals surface area contributed by atoms with Gasteiger partial charge in [0.05, 0.1) is 0 Å². The zero-order valence-electron chi connectivity index (χ0n) is 7.86. The van der Waals surface area contributed by atoms with Crippen molar-refractivity contribution in [1.82, 2.24) is 10.0 Å². The average Bonchev–Trinajstić information content (AvgIpc) is 2.00. The van der Waals surface area contributed by atoms with Gasteiger partial charge in [0.1, 0.15) is 6.04 Å². The Morgan fingerprint density at radius 2 is 1.86 bits per heavy atom. The first-order valence-electron chi connectivity index (χ1n) is 3.81. The Bertz CT molecular complexity index is 244. The molecule has 0 heterocycles. The molecule has 0 saturated carbocycles. The molecule has 0 aliphatic heterocycles. The van der Waals surface area contributed by atoms with E-state index in [-0.39, 0.29) is 11.7 Å². The number of carboxylic acids is 1. The molecule has 80 valence electrons. The number of hydrogen-bond donors (Lipinski definition) is 3. The molecule has 2 amide bonds. The molecule has 0 bridgehead atoms. The van der Waals surface area contributed by atoms with Gasteiger partial charge < -0.3 is 15.1 Å². The summed E-state index contributed by atoms with van der Waals surface area (Å²) < 4.78 is 2.37. The van der Waals surface area contributed by atoms with Crippen molar-refractivity contribution in [3.05, 3.63) is 0 Å². The van der Waals surface area contributed by atoms with Gasteiger partial charge in [0.25, 0.3) is 0 Å². The number of rotatable bonds is 5. The predicted octanol–water partition coefficient (Wildman–Crippen LogP) is -0.640. The quantitative estimate of drug-likeness (QED) is 0.536. The highest BCUT2D eigenvalue weighted by atomic mass is 32.2. The van der Waals surface area contributed by atoms with Crippen LogP contribution in [0.15, 0.2) is 0 Å². The minimum atomic E-state index is -1.13. The van der Waals surface area contributed by atoms with Gasteiger partial charge >= 0.3 is 5.97 Å². The van der Waals surface area contributed by atoms with Crippen molar-refractivity contribution < 1.29 is 19.5 Å². The van der Waals surface area contributed by atoms with Gasteiger partial charge in [-0.05, 0) is 11.9 Å². The van der Waals surface area contributed by atoms with Gasteiger partial charge in [0.15, 0.2) is 0 Å².